The van der Waals surface area contributed by atoms with Crippen molar-refractivity contribution in [3.63, 3.8) is 0 Å². The van der Waals surface area contributed by atoms with E-state index in [0.29, 0.717) is 18.2 Å². The molecule has 88 valence electrons. The quantitative estimate of drug-likeness (QED) is 0.710. The Morgan fingerprint density at radius 1 is 1.59 bits per heavy atom. The lowest BCUT2D eigenvalue weighted by Gasteiger charge is -2.05. The van der Waals surface area contributed by atoms with Gasteiger partial charge in [0, 0.05) is 11.6 Å². The van der Waals surface area contributed by atoms with Gasteiger partial charge in [0.1, 0.15) is 5.82 Å². The first-order valence-corrected chi connectivity index (χ1v) is 5.53. The van der Waals surface area contributed by atoms with E-state index >= 15 is 0 Å². The van der Waals surface area contributed by atoms with Crippen LogP contribution in [0.4, 0.5) is 4.39 Å². The zero-order chi connectivity index (χ0) is 12.1. The smallest absolute Gasteiger partial charge is 0.192 e. The van der Waals surface area contributed by atoms with Crippen LogP contribution in [-0.2, 0) is 0 Å². The Labute approximate surface area is 100 Å². The second-order valence-electron chi connectivity index (χ2n) is 3.90. The molecule has 1 aliphatic heterocycles. The second kappa shape index (κ2) is 5.35. The van der Waals surface area contributed by atoms with Crippen LogP contribution in [0.25, 0.3) is 0 Å². The largest absolute Gasteiger partial charge is 0.352 e. The zero-order valence-electron chi connectivity index (χ0n) is 9.63. The van der Waals surface area contributed by atoms with E-state index in [2.05, 4.69) is 34.4 Å². The predicted octanol–water partition coefficient (Wildman–Crippen LogP) is 1.11. The van der Waals surface area contributed by atoms with Crippen molar-refractivity contribution in [2.45, 2.75) is 13.0 Å². The van der Waals surface area contributed by atoms with Crippen molar-refractivity contribution >= 4 is 5.96 Å². The minimum absolute atomic E-state index is 0.264. The van der Waals surface area contributed by atoms with E-state index in [1.54, 1.807) is 12.1 Å². The van der Waals surface area contributed by atoms with Crippen molar-refractivity contribution in [3.05, 3.63) is 35.6 Å². The number of hydrogen-bond donors (Lipinski definition) is 2. The van der Waals surface area contributed by atoms with E-state index in [9.17, 15) is 4.39 Å². The molecule has 0 bridgehead atoms. The van der Waals surface area contributed by atoms with Crippen LogP contribution in [-0.4, -0.2) is 25.1 Å². The lowest BCUT2D eigenvalue weighted by atomic mass is 10.2. The molecule has 0 amide bonds. The lowest BCUT2D eigenvalue weighted by molar-refractivity contribution is 0.627. The molecule has 1 aliphatic rings. The second-order valence-corrected chi connectivity index (χ2v) is 3.90. The topological polar surface area (TPSA) is 36.4 Å². The van der Waals surface area contributed by atoms with Crippen molar-refractivity contribution in [1.29, 1.82) is 0 Å². The van der Waals surface area contributed by atoms with Gasteiger partial charge >= 0.3 is 0 Å². The van der Waals surface area contributed by atoms with Crippen molar-refractivity contribution in [2.24, 2.45) is 4.99 Å². The standard InChI is InChI=1S/C13H14FN3/c1-10-9-16-13(17-10)15-7-3-5-11-4-2-6-12(14)8-11/h2,4,6,8,10H,7,9H2,1H3,(H2,15,16,17). The Morgan fingerprint density at radius 2 is 2.47 bits per heavy atom. The van der Waals surface area contributed by atoms with Gasteiger partial charge in [0.05, 0.1) is 13.1 Å². The molecule has 4 heteroatoms. The number of rotatable bonds is 1. The third-order valence-electron chi connectivity index (χ3n) is 2.31. The molecule has 0 saturated heterocycles. The molecule has 1 unspecified atom stereocenters. The maximum Gasteiger partial charge on any atom is 0.192 e. The van der Waals surface area contributed by atoms with Gasteiger partial charge in [0.15, 0.2) is 5.96 Å². The molecule has 1 aromatic carbocycles. The van der Waals surface area contributed by atoms with Gasteiger partial charge in [-0.05, 0) is 25.1 Å². The molecular formula is C13H14FN3. The number of guanidine groups is 1. The van der Waals surface area contributed by atoms with E-state index in [0.717, 1.165) is 12.5 Å². The fraction of sp³-hybridized carbons (Fsp3) is 0.308. The highest BCUT2D eigenvalue weighted by molar-refractivity contribution is 5.81. The third kappa shape index (κ3) is 3.49. The van der Waals surface area contributed by atoms with E-state index in [1.165, 1.54) is 12.1 Å². The van der Waals surface area contributed by atoms with Gasteiger partial charge in [-0.3, -0.25) is 4.99 Å². The Bertz CT molecular complexity index is 485. The van der Waals surface area contributed by atoms with Gasteiger partial charge in [-0.15, -0.1) is 0 Å². The Morgan fingerprint density at radius 3 is 3.18 bits per heavy atom. The number of aliphatic imine (C=N–C) groups is 1. The molecular weight excluding hydrogens is 217 g/mol. The van der Waals surface area contributed by atoms with E-state index in [-0.39, 0.29) is 5.82 Å². The average Bonchev–Trinajstić information content (AvgIpc) is 2.71. The highest BCUT2D eigenvalue weighted by Gasteiger charge is 2.10. The van der Waals surface area contributed by atoms with Crippen LogP contribution in [0.5, 0.6) is 0 Å². The van der Waals surface area contributed by atoms with Crippen LogP contribution in [0.1, 0.15) is 12.5 Å². The van der Waals surface area contributed by atoms with Crippen molar-refractivity contribution in [1.82, 2.24) is 10.6 Å². The molecule has 0 fully saturated rings. The van der Waals surface area contributed by atoms with Crippen LogP contribution in [0, 0.1) is 17.7 Å². The molecule has 0 spiro atoms. The molecule has 0 saturated carbocycles. The highest BCUT2D eigenvalue weighted by atomic mass is 19.1. The molecule has 1 aromatic rings. The molecule has 0 aliphatic carbocycles. The average molecular weight is 231 g/mol. The number of nitrogens with one attached hydrogen (secondary N) is 2. The summed E-state index contributed by atoms with van der Waals surface area (Å²) < 4.78 is 12.9. The van der Waals surface area contributed by atoms with Gasteiger partial charge in [-0.2, -0.15) is 0 Å². The van der Waals surface area contributed by atoms with Crippen LogP contribution >= 0.6 is 0 Å². The number of hydrogen-bond acceptors (Lipinski definition) is 3. The minimum Gasteiger partial charge on any atom is -0.352 e. The first-order valence-electron chi connectivity index (χ1n) is 5.53. The highest BCUT2D eigenvalue weighted by Crippen LogP contribution is 2.00. The summed E-state index contributed by atoms with van der Waals surface area (Å²) in [5.41, 5.74) is 0.682. The van der Waals surface area contributed by atoms with E-state index < -0.39 is 0 Å². The maximum atomic E-state index is 12.9. The Kier molecular flexibility index (Phi) is 3.61. The predicted molar refractivity (Wildman–Crippen MR) is 66.2 cm³/mol. The van der Waals surface area contributed by atoms with Crippen LogP contribution in [0.15, 0.2) is 29.3 Å². The number of benzene rings is 1. The molecule has 0 aromatic heterocycles. The molecule has 0 radical (unpaired) electrons. The van der Waals surface area contributed by atoms with Gasteiger partial charge in [0.2, 0.25) is 0 Å². The molecule has 1 atom stereocenters. The third-order valence-corrected chi connectivity index (χ3v) is 2.31. The summed E-state index contributed by atoms with van der Waals surface area (Å²) in [4.78, 5) is 4.24. The maximum absolute atomic E-state index is 12.9. The first-order chi connectivity index (χ1) is 8.24. The molecule has 2 N–H and O–H groups in total. The summed E-state index contributed by atoms with van der Waals surface area (Å²) in [6.07, 6.45) is 0. The van der Waals surface area contributed by atoms with Gasteiger partial charge in [-0.25, -0.2) is 4.39 Å². The Balaban J connectivity index is 1.83. The van der Waals surface area contributed by atoms with Crippen LogP contribution in [0.2, 0.25) is 0 Å². The summed E-state index contributed by atoms with van der Waals surface area (Å²) in [6, 6.07) is 6.64. The fourth-order valence-corrected chi connectivity index (χ4v) is 1.50. The fourth-order valence-electron chi connectivity index (χ4n) is 1.50. The SMILES string of the molecule is CC1CN=C(NCC#Cc2cccc(F)c2)N1. The van der Waals surface area contributed by atoms with Crippen molar-refractivity contribution < 1.29 is 4.39 Å². The van der Waals surface area contributed by atoms with Crippen LogP contribution < -0.4 is 10.6 Å². The molecule has 3 nitrogen and oxygen atoms in total. The van der Waals surface area contributed by atoms with E-state index in [4.69, 9.17) is 0 Å². The summed E-state index contributed by atoms with van der Waals surface area (Å²) in [5.74, 6) is 6.33. The van der Waals surface area contributed by atoms with Gasteiger partial charge in [0.25, 0.3) is 0 Å². The minimum atomic E-state index is -0.264. The van der Waals surface area contributed by atoms with E-state index in [1.807, 2.05) is 0 Å². The monoisotopic (exact) mass is 231 g/mol. The zero-order valence-corrected chi connectivity index (χ0v) is 9.63. The summed E-state index contributed by atoms with van der Waals surface area (Å²) >= 11 is 0. The normalized spacial score (nSPS) is 17.8. The van der Waals surface area contributed by atoms with Crippen molar-refractivity contribution in [3.8, 4) is 11.8 Å². The Hall–Kier alpha value is -2.02. The molecule has 17 heavy (non-hydrogen) atoms. The number of nitrogens with zero attached hydrogens (tertiary/aromatic N) is 1. The summed E-state index contributed by atoms with van der Waals surface area (Å²) in [7, 11) is 0. The summed E-state index contributed by atoms with van der Waals surface area (Å²) in [6.45, 7) is 3.35. The summed E-state index contributed by atoms with van der Waals surface area (Å²) in [5, 5.41) is 6.24. The van der Waals surface area contributed by atoms with Gasteiger partial charge in [-0.1, -0.05) is 17.9 Å². The van der Waals surface area contributed by atoms with Crippen molar-refractivity contribution in [2.75, 3.05) is 13.1 Å². The molecule has 1 heterocycles. The lowest BCUT2D eigenvalue weighted by Crippen LogP contribution is -2.37. The number of halogens is 1. The van der Waals surface area contributed by atoms with Gasteiger partial charge < -0.3 is 10.6 Å². The van der Waals surface area contributed by atoms with Crippen LogP contribution in [0.3, 0.4) is 0 Å². The first kappa shape index (κ1) is 11.5. The molecule has 2 rings (SSSR count).